The molecular weight excluding hydrogens is 186 g/mol. The van der Waals surface area contributed by atoms with Gasteiger partial charge in [-0.15, -0.1) is 0 Å². The van der Waals surface area contributed by atoms with Gasteiger partial charge < -0.3 is 5.11 Å². The molecule has 2 nitrogen and oxygen atoms in total. The van der Waals surface area contributed by atoms with E-state index in [0.717, 1.165) is 43.5 Å². The fourth-order valence-electron chi connectivity index (χ4n) is 1.74. The first kappa shape index (κ1) is 12.2. The quantitative estimate of drug-likeness (QED) is 0.778. The Morgan fingerprint density at radius 3 is 2.80 bits per heavy atom. The van der Waals surface area contributed by atoms with Crippen molar-refractivity contribution in [1.82, 2.24) is 4.98 Å². The van der Waals surface area contributed by atoms with Crippen molar-refractivity contribution >= 4 is 0 Å². The predicted octanol–water partition coefficient (Wildman–Crippen LogP) is 2.87. The number of hydrogen-bond acceptors (Lipinski definition) is 2. The summed E-state index contributed by atoms with van der Waals surface area (Å²) >= 11 is 0. The maximum atomic E-state index is 9.56. The van der Waals surface area contributed by atoms with Gasteiger partial charge in [-0.1, -0.05) is 19.4 Å². The number of aryl methyl sites for hydroxylation is 2. The second-order valence-corrected chi connectivity index (χ2v) is 4.11. The van der Waals surface area contributed by atoms with E-state index in [4.69, 9.17) is 0 Å². The van der Waals surface area contributed by atoms with E-state index in [1.165, 1.54) is 0 Å². The van der Waals surface area contributed by atoms with Crippen molar-refractivity contribution < 1.29 is 5.11 Å². The van der Waals surface area contributed by atoms with Crippen molar-refractivity contribution in [3.63, 3.8) is 0 Å². The Balaban J connectivity index is 2.25. The van der Waals surface area contributed by atoms with Crippen molar-refractivity contribution in [2.75, 3.05) is 0 Å². The van der Waals surface area contributed by atoms with Crippen LogP contribution in [0.5, 0.6) is 0 Å². The first-order valence-corrected chi connectivity index (χ1v) is 5.83. The Hall–Kier alpha value is -0.890. The van der Waals surface area contributed by atoms with E-state index in [9.17, 15) is 5.11 Å². The number of rotatable bonds is 6. The second kappa shape index (κ2) is 6.57. The van der Waals surface area contributed by atoms with Crippen LogP contribution in [0.2, 0.25) is 0 Å². The molecule has 84 valence electrons. The second-order valence-electron chi connectivity index (χ2n) is 4.11. The average Bonchev–Trinajstić information content (AvgIpc) is 2.18. The summed E-state index contributed by atoms with van der Waals surface area (Å²) < 4.78 is 0. The lowest BCUT2D eigenvalue weighted by Crippen LogP contribution is -2.06. The summed E-state index contributed by atoms with van der Waals surface area (Å²) in [5.41, 5.74) is 2.21. The lowest BCUT2D eigenvalue weighted by molar-refractivity contribution is 0.151. The SMILES string of the molecule is CCCC(O)CCCc1cccc(C)n1. The first-order valence-electron chi connectivity index (χ1n) is 5.83. The van der Waals surface area contributed by atoms with Crippen molar-refractivity contribution in [3.05, 3.63) is 29.6 Å². The summed E-state index contributed by atoms with van der Waals surface area (Å²) in [5.74, 6) is 0. The highest BCUT2D eigenvalue weighted by atomic mass is 16.3. The van der Waals surface area contributed by atoms with E-state index in [0.29, 0.717) is 0 Å². The van der Waals surface area contributed by atoms with Gasteiger partial charge in [-0.05, 0) is 44.7 Å². The molecule has 1 aromatic rings. The predicted molar refractivity (Wildman–Crippen MR) is 62.8 cm³/mol. The summed E-state index contributed by atoms with van der Waals surface area (Å²) in [6, 6.07) is 6.11. The van der Waals surface area contributed by atoms with Crippen molar-refractivity contribution in [1.29, 1.82) is 0 Å². The van der Waals surface area contributed by atoms with Crippen LogP contribution < -0.4 is 0 Å². The van der Waals surface area contributed by atoms with E-state index in [1.807, 2.05) is 19.1 Å². The van der Waals surface area contributed by atoms with Gasteiger partial charge >= 0.3 is 0 Å². The van der Waals surface area contributed by atoms with Gasteiger partial charge in [0.2, 0.25) is 0 Å². The van der Waals surface area contributed by atoms with Crippen LogP contribution in [0, 0.1) is 6.92 Å². The number of pyridine rings is 1. The Bertz CT molecular complexity index is 286. The maximum Gasteiger partial charge on any atom is 0.0540 e. The number of aliphatic hydroxyl groups excluding tert-OH is 1. The molecule has 1 atom stereocenters. The van der Waals surface area contributed by atoms with Gasteiger partial charge in [0.1, 0.15) is 0 Å². The molecular formula is C13H21NO. The summed E-state index contributed by atoms with van der Waals surface area (Å²) in [5, 5.41) is 9.56. The van der Waals surface area contributed by atoms with Crippen LogP contribution in [-0.4, -0.2) is 16.2 Å². The molecule has 15 heavy (non-hydrogen) atoms. The molecule has 1 rings (SSSR count). The molecule has 0 aliphatic rings. The number of aromatic nitrogens is 1. The molecule has 0 spiro atoms. The zero-order valence-electron chi connectivity index (χ0n) is 9.74. The molecule has 1 N–H and O–H groups in total. The van der Waals surface area contributed by atoms with Gasteiger partial charge in [-0.25, -0.2) is 0 Å². The Kier molecular flexibility index (Phi) is 5.33. The number of aliphatic hydroxyl groups is 1. The topological polar surface area (TPSA) is 33.1 Å². The molecule has 0 radical (unpaired) electrons. The van der Waals surface area contributed by atoms with Crippen LogP contribution in [0.3, 0.4) is 0 Å². The highest BCUT2D eigenvalue weighted by Crippen LogP contribution is 2.08. The van der Waals surface area contributed by atoms with E-state index in [2.05, 4.69) is 18.0 Å². The lowest BCUT2D eigenvalue weighted by Gasteiger charge is -2.08. The Morgan fingerprint density at radius 1 is 1.33 bits per heavy atom. The molecule has 1 aromatic heterocycles. The van der Waals surface area contributed by atoms with Crippen molar-refractivity contribution in [2.45, 2.75) is 52.1 Å². The van der Waals surface area contributed by atoms with E-state index in [-0.39, 0.29) is 6.10 Å². The third-order valence-electron chi connectivity index (χ3n) is 2.54. The summed E-state index contributed by atoms with van der Waals surface area (Å²) in [7, 11) is 0. The zero-order chi connectivity index (χ0) is 11.1. The molecule has 0 aliphatic heterocycles. The van der Waals surface area contributed by atoms with Gasteiger partial charge in [-0.2, -0.15) is 0 Å². The molecule has 0 aromatic carbocycles. The molecule has 1 heterocycles. The molecule has 0 bridgehead atoms. The first-order chi connectivity index (χ1) is 7.22. The molecule has 0 saturated heterocycles. The van der Waals surface area contributed by atoms with Gasteiger partial charge in [0, 0.05) is 11.4 Å². The minimum absolute atomic E-state index is 0.125. The average molecular weight is 207 g/mol. The molecule has 0 saturated carbocycles. The van der Waals surface area contributed by atoms with Crippen molar-refractivity contribution in [3.8, 4) is 0 Å². The van der Waals surface area contributed by atoms with E-state index >= 15 is 0 Å². The molecule has 0 aliphatic carbocycles. The monoisotopic (exact) mass is 207 g/mol. The van der Waals surface area contributed by atoms with Crippen LogP contribution in [0.15, 0.2) is 18.2 Å². The standard InChI is InChI=1S/C13H21NO/c1-3-6-13(15)10-5-9-12-8-4-7-11(2)14-12/h4,7-8,13,15H,3,5-6,9-10H2,1-2H3. The Morgan fingerprint density at radius 2 is 2.13 bits per heavy atom. The molecule has 0 amide bonds. The normalized spacial score (nSPS) is 12.7. The third-order valence-corrected chi connectivity index (χ3v) is 2.54. The molecule has 0 fully saturated rings. The summed E-state index contributed by atoms with van der Waals surface area (Å²) in [6.07, 6.45) is 4.74. The molecule has 2 heteroatoms. The summed E-state index contributed by atoms with van der Waals surface area (Å²) in [6.45, 7) is 4.11. The van der Waals surface area contributed by atoms with Crippen LogP contribution in [-0.2, 0) is 6.42 Å². The van der Waals surface area contributed by atoms with E-state index in [1.54, 1.807) is 0 Å². The van der Waals surface area contributed by atoms with Crippen LogP contribution in [0.1, 0.15) is 44.0 Å². The maximum absolute atomic E-state index is 9.56. The van der Waals surface area contributed by atoms with Crippen LogP contribution >= 0.6 is 0 Å². The summed E-state index contributed by atoms with van der Waals surface area (Å²) in [4.78, 5) is 4.43. The highest BCUT2D eigenvalue weighted by molar-refractivity contribution is 5.09. The minimum atomic E-state index is -0.125. The zero-order valence-corrected chi connectivity index (χ0v) is 9.74. The van der Waals surface area contributed by atoms with Gasteiger partial charge in [0.15, 0.2) is 0 Å². The lowest BCUT2D eigenvalue weighted by atomic mass is 10.1. The number of hydrogen-bond donors (Lipinski definition) is 1. The van der Waals surface area contributed by atoms with Crippen LogP contribution in [0.4, 0.5) is 0 Å². The smallest absolute Gasteiger partial charge is 0.0540 e. The molecule has 1 unspecified atom stereocenters. The van der Waals surface area contributed by atoms with Gasteiger partial charge in [0.05, 0.1) is 6.10 Å². The van der Waals surface area contributed by atoms with Crippen molar-refractivity contribution in [2.24, 2.45) is 0 Å². The van der Waals surface area contributed by atoms with Gasteiger partial charge in [0.25, 0.3) is 0 Å². The van der Waals surface area contributed by atoms with E-state index < -0.39 is 0 Å². The highest BCUT2D eigenvalue weighted by Gasteiger charge is 2.02. The fourth-order valence-corrected chi connectivity index (χ4v) is 1.74. The third kappa shape index (κ3) is 4.93. The fraction of sp³-hybridized carbons (Fsp3) is 0.615. The number of nitrogens with zero attached hydrogens (tertiary/aromatic N) is 1. The Labute approximate surface area is 92.4 Å². The van der Waals surface area contributed by atoms with Crippen LogP contribution in [0.25, 0.3) is 0 Å². The largest absolute Gasteiger partial charge is 0.393 e. The minimum Gasteiger partial charge on any atom is -0.393 e. The van der Waals surface area contributed by atoms with Gasteiger partial charge in [-0.3, -0.25) is 4.98 Å².